The van der Waals surface area contributed by atoms with Crippen LogP contribution in [0, 0.1) is 13.8 Å². The van der Waals surface area contributed by atoms with Crippen molar-refractivity contribution in [1.82, 2.24) is 5.32 Å². The molecule has 0 radical (unpaired) electrons. The van der Waals surface area contributed by atoms with Crippen molar-refractivity contribution >= 4 is 11.6 Å². The summed E-state index contributed by atoms with van der Waals surface area (Å²) in [5.74, 6) is 0.0107. The summed E-state index contributed by atoms with van der Waals surface area (Å²) in [6.07, 6.45) is 0.0835. The number of amides is 1. The molecule has 1 fully saturated rings. The number of nitrogens with zero attached hydrogens (tertiary/aromatic N) is 1. The number of benzene rings is 1. The van der Waals surface area contributed by atoms with Gasteiger partial charge in [0.2, 0.25) is 5.91 Å². The minimum atomic E-state index is -0.411. The molecule has 1 aliphatic rings. The summed E-state index contributed by atoms with van der Waals surface area (Å²) in [6, 6.07) is 5.80. The van der Waals surface area contributed by atoms with Crippen LogP contribution in [0.4, 0.5) is 5.69 Å². The van der Waals surface area contributed by atoms with E-state index >= 15 is 0 Å². The Morgan fingerprint density at radius 2 is 1.94 bits per heavy atom. The van der Waals surface area contributed by atoms with E-state index in [1.54, 1.807) is 11.9 Å². The molecule has 1 aromatic carbocycles. The number of likely N-dealkylation sites (N-methyl/N-ethyl adjacent to an activating group) is 1. The van der Waals surface area contributed by atoms with Crippen LogP contribution in [0.15, 0.2) is 18.2 Å². The number of β-amino-alcohol motifs (C(OH)–C–C–N with tert-alkyl or cyclic N) is 1. The van der Waals surface area contributed by atoms with Crippen LogP contribution in [0.25, 0.3) is 0 Å². The molecule has 4 heteroatoms. The molecule has 98 valence electrons. The molecule has 1 aliphatic heterocycles. The van der Waals surface area contributed by atoms with E-state index < -0.39 is 6.10 Å². The van der Waals surface area contributed by atoms with E-state index in [0.29, 0.717) is 13.0 Å². The van der Waals surface area contributed by atoms with Gasteiger partial charge in [-0.2, -0.15) is 0 Å². The molecule has 2 atom stereocenters. The lowest BCUT2D eigenvalue weighted by Crippen LogP contribution is -2.41. The normalized spacial score (nSPS) is 23.1. The second kappa shape index (κ2) is 5.08. The molecular weight excluding hydrogens is 228 g/mol. The monoisotopic (exact) mass is 248 g/mol. The first-order valence-electron chi connectivity index (χ1n) is 6.24. The maximum atomic E-state index is 12.3. The molecule has 0 aliphatic carbocycles. The van der Waals surface area contributed by atoms with Crippen LogP contribution in [0.3, 0.4) is 0 Å². The molecule has 0 spiro atoms. The van der Waals surface area contributed by atoms with Gasteiger partial charge in [0.1, 0.15) is 0 Å². The van der Waals surface area contributed by atoms with E-state index in [4.69, 9.17) is 0 Å². The maximum Gasteiger partial charge on any atom is 0.243 e. The van der Waals surface area contributed by atoms with Gasteiger partial charge >= 0.3 is 0 Å². The third-order valence-corrected chi connectivity index (χ3v) is 3.33. The number of hydrogen-bond donors (Lipinski definition) is 2. The van der Waals surface area contributed by atoms with Crippen molar-refractivity contribution in [2.24, 2.45) is 0 Å². The van der Waals surface area contributed by atoms with Crippen molar-refractivity contribution in [1.29, 1.82) is 0 Å². The fourth-order valence-corrected chi connectivity index (χ4v) is 2.41. The highest BCUT2D eigenvalue weighted by Crippen LogP contribution is 2.19. The number of rotatable bonds is 2. The average molecular weight is 248 g/mol. The average Bonchev–Trinajstić information content (AvgIpc) is 2.72. The summed E-state index contributed by atoms with van der Waals surface area (Å²) in [7, 11) is 1.78. The van der Waals surface area contributed by atoms with Crippen LogP contribution < -0.4 is 10.2 Å². The van der Waals surface area contributed by atoms with Crippen molar-refractivity contribution < 1.29 is 9.90 Å². The molecular formula is C14H20N2O2. The van der Waals surface area contributed by atoms with E-state index in [2.05, 4.69) is 11.4 Å². The lowest BCUT2D eigenvalue weighted by atomic mass is 10.1. The molecule has 2 rings (SSSR count). The highest BCUT2D eigenvalue weighted by Gasteiger charge is 2.30. The highest BCUT2D eigenvalue weighted by atomic mass is 16.3. The third-order valence-electron chi connectivity index (χ3n) is 3.33. The molecule has 0 bridgehead atoms. The quantitative estimate of drug-likeness (QED) is 0.820. The maximum absolute atomic E-state index is 12.3. The number of aliphatic hydroxyl groups is 1. The first kappa shape index (κ1) is 13.1. The second-order valence-electron chi connectivity index (χ2n) is 5.09. The molecule has 1 amide bonds. The molecule has 1 saturated heterocycles. The molecule has 4 nitrogen and oxygen atoms in total. The lowest BCUT2D eigenvalue weighted by molar-refractivity contribution is -0.120. The van der Waals surface area contributed by atoms with Crippen LogP contribution in [0.5, 0.6) is 0 Å². The van der Waals surface area contributed by atoms with Crippen LogP contribution in [0.1, 0.15) is 17.5 Å². The Hall–Kier alpha value is -1.39. The topological polar surface area (TPSA) is 52.6 Å². The number of carbonyl (C=O) groups is 1. The fraction of sp³-hybridized carbons (Fsp3) is 0.500. The first-order chi connectivity index (χ1) is 8.47. The highest BCUT2D eigenvalue weighted by molar-refractivity contribution is 5.97. The predicted molar refractivity (Wildman–Crippen MR) is 71.7 cm³/mol. The summed E-state index contributed by atoms with van der Waals surface area (Å²) in [6.45, 7) is 4.54. The molecule has 2 unspecified atom stereocenters. The van der Waals surface area contributed by atoms with Gasteiger partial charge in [-0.1, -0.05) is 6.07 Å². The van der Waals surface area contributed by atoms with E-state index in [9.17, 15) is 9.90 Å². The van der Waals surface area contributed by atoms with E-state index in [-0.39, 0.29) is 11.9 Å². The SMILES string of the molecule is Cc1cc(C)cc(N(C)C(=O)C2CC(O)CN2)c1. The molecule has 1 heterocycles. The van der Waals surface area contributed by atoms with Crippen LogP contribution in [-0.4, -0.2) is 36.8 Å². The standard InChI is InChI=1S/C14H20N2O2/c1-9-4-10(2)6-11(5-9)16(3)14(18)13-7-12(17)8-15-13/h4-6,12-13,15,17H,7-8H2,1-3H3. The Kier molecular flexibility index (Phi) is 3.68. The van der Waals surface area contributed by atoms with Crippen LogP contribution in [0.2, 0.25) is 0 Å². The van der Waals surface area contributed by atoms with E-state index in [0.717, 1.165) is 16.8 Å². The van der Waals surface area contributed by atoms with Crippen molar-refractivity contribution in [3.05, 3.63) is 29.3 Å². The van der Waals surface area contributed by atoms with Crippen molar-refractivity contribution in [3.8, 4) is 0 Å². The van der Waals surface area contributed by atoms with Gasteiger partial charge in [-0.05, 0) is 43.5 Å². The van der Waals surface area contributed by atoms with Gasteiger partial charge < -0.3 is 15.3 Å². The molecule has 18 heavy (non-hydrogen) atoms. The summed E-state index contributed by atoms with van der Waals surface area (Å²) >= 11 is 0. The van der Waals surface area contributed by atoms with Gasteiger partial charge in [-0.25, -0.2) is 0 Å². The third kappa shape index (κ3) is 2.71. The zero-order chi connectivity index (χ0) is 13.3. The van der Waals surface area contributed by atoms with Crippen molar-refractivity contribution in [2.45, 2.75) is 32.4 Å². The lowest BCUT2D eigenvalue weighted by Gasteiger charge is -2.22. The molecule has 2 N–H and O–H groups in total. The number of aliphatic hydroxyl groups excluding tert-OH is 1. The zero-order valence-corrected chi connectivity index (χ0v) is 11.1. The number of aryl methyl sites for hydroxylation is 2. The number of nitrogens with one attached hydrogen (secondary N) is 1. The summed E-state index contributed by atoms with van der Waals surface area (Å²) < 4.78 is 0. The smallest absolute Gasteiger partial charge is 0.243 e. The summed E-state index contributed by atoms with van der Waals surface area (Å²) in [5, 5.41) is 12.5. The Labute approximate surface area is 108 Å². The number of anilines is 1. The van der Waals surface area contributed by atoms with E-state index in [1.807, 2.05) is 26.0 Å². The van der Waals surface area contributed by atoms with Crippen molar-refractivity contribution in [3.63, 3.8) is 0 Å². The van der Waals surface area contributed by atoms with Gasteiger partial charge in [0, 0.05) is 19.3 Å². The minimum absolute atomic E-state index is 0.0107. The van der Waals surface area contributed by atoms with Crippen molar-refractivity contribution in [2.75, 3.05) is 18.5 Å². The second-order valence-corrected chi connectivity index (χ2v) is 5.09. The summed E-state index contributed by atoms with van der Waals surface area (Å²) in [4.78, 5) is 13.9. The van der Waals surface area contributed by atoms with E-state index in [1.165, 1.54) is 0 Å². The van der Waals surface area contributed by atoms with Gasteiger partial charge in [0.15, 0.2) is 0 Å². The Morgan fingerprint density at radius 1 is 1.33 bits per heavy atom. The predicted octanol–water partition coefficient (Wildman–Crippen LogP) is 0.989. The largest absolute Gasteiger partial charge is 0.392 e. The minimum Gasteiger partial charge on any atom is -0.392 e. The summed E-state index contributed by atoms with van der Waals surface area (Å²) in [5.41, 5.74) is 3.19. The fourth-order valence-electron chi connectivity index (χ4n) is 2.41. The van der Waals surface area contributed by atoms with Gasteiger partial charge in [-0.15, -0.1) is 0 Å². The van der Waals surface area contributed by atoms with Gasteiger partial charge in [0.25, 0.3) is 0 Å². The molecule has 0 aromatic heterocycles. The van der Waals surface area contributed by atoms with Gasteiger partial charge in [0.05, 0.1) is 12.1 Å². The Morgan fingerprint density at radius 3 is 2.44 bits per heavy atom. The zero-order valence-electron chi connectivity index (χ0n) is 11.1. The first-order valence-corrected chi connectivity index (χ1v) is 6.24. The molecule has 1 aromatic rings. The van der Waals surface area contributed by atoms with Crippen LogP contribution >= 0.6 is 0 Å². The molecule has 0 saturated carbocycles. The van der Waals surface area contributed by atoms with Crippen LogP contribution in [-0.2, 0) is 4.79 Å². The van der Waals surface area contributed by atoms with Gasteiger partial charge in [-0.3, -0.25) is 4.79 Å². The Bertz CT molecular complexity index is 439. The Balaban J connectivity index is 2.15. The number of hydrogen-bond acceptors (Lipinski definition) is 3. The number of carbonyl (C=O) groups excluding carboxylic acids is 1.